The summed E-state index contributed by atoms with van der Waals surface area (Å²) in [7, 11) is -4.30. The number of nitrogens with zero attached hydrogens (tertiary/aromatic N) is 2. The molecule has 3 N–H and O–H groups in total. The van der Waals surface area contributed by atoms with Gasteiger partial charge in [-0.3, -0.25) is 0 Å². The molecule has 7 nitrogen and oxygen atoms in total. The monoisotopic (exact) mass is 483 g/mol. The number of benzene rings is 2. The van der Waals surface area contributed by atoms with E-state index >= 15 is 0 Å². The van der Waals surface area contributed by atoms with Crippen LogP contribution in [0, 0.1) is 0 Å². The van der Waals surface area contributed by atoms with Crippen molar-refractivity contribution in [2.45, 2.75) is 37.8 Å². The zero-order valence-corrected chi connectivity index (χ0v) is 19.4. The number of nitrogen functional groups attached to an aromatic ring is 1. The molecule has 0 fully saturated rings. The summed E-state index contributed by atoms with van der Waals surface area (Å²) in [6.07, 6.45) is 0.188. The Morgan fingerprint density at radius 1 is 1.13 bits per heavy atom. The molecule has 0 amide bonds. The van der Waals surface area contributed by atoms with Gasteiger partial charge in [0.1, 0.15) is 11.6 Å². The van der Waals surface area contributed by atoms with Crippen LogP contribution in [-0.2, 0) is 23.1 Å². The second-order valence-electron chi connectivity index (χ2n) is 7.32. The molecular weight excluding hydrogens is 461 g/mol. The number of rotatable bonds is 8. The highest BCUT2D eigenvalue weighted by molar-refractivity contribution is 7.87. The van der Waals surface area contributed by atoms with E-state index in [0.29, 0.717) is 17.2 Å². The lowest BCUT2D eigenvalue weighted by molar-refractivity contribution is 0.294. The van der Waals surface area contributed by atoms with Gasteiger partial charge in [0, 0.05) is 34.3 Å². The topological polar surface area (TPSA) is 107 Å². The van der Waals surface area contributed by atoms with Crippen LogP contribution in [0.1, 0.15) is 36.8 Å². The maximum atomic E-state index is 13.4. The van der Waals surface area contributed by atoms with Gasteiger partial charge in [0.15, 0.2) is 5.03 Å². The van der Waals surface area contributed by atoms with Gasteiger partial charge in [0.2, 0.25) is 0 Å². The van der Waals surface area contributed by atoms with Gasteiger partial charge in [0.05, 0.1) is 18.8 Å². The number of imidazole rings is 1. The molecule has 2 aromatic carbocycles. The number of hydrogen-bond acceptors (Lipinski definition) is 6. The molecule has 0 aliphatic rings. The second kappa shape index (κ2) is 9.48. The van der Waals surface area contributed by atoms with Crippen molar-refractivity contribution in [2.24, 2.45) is 0 Å². The fraction of sp³-hybridized carbons (Fsp3) is 0.286. The van der Waals surface area contributed by atoms with E-state index in [1.54, 1.807) is 28.8 Å². The Morgan fingerprint density at radius 3 is 2.29 bits per heavy atom. The molecule has 10 heteroatoms. The molecule has 0 saturated carbocycles. The van der Waals surface area contributed by atoms with Crippen LogP contribution >= 0.6 is 23.2 Å². The summed E-state index contributed by atoms with van der Waals surface area (Å²) in [5.74, 6) is 0.229. The van der Waals surface area contributed by atoms with Crippen LogP contribution in [0.15, 0.2) is 47.5 Å². The molecule has 1 aromatic heterocycles. The predicted molar refractivity (Wildman–Crippen MR) is 121 cm³/mol. The Labute approximate surface area is 191 Å². The molecule has 0 saturated heterocycles. The van der Waals surface area contributed by atoms with Gasteiger partial charge in [-0.2, -0.15) is 8.42 Å². The lowest BCUT2D eigenvalue weighted by Crippen LogP contribution is -2.19. The van der Waals surface area contributed by atoms with Crippen LogP contribution in [0.4, 0.5) is 5.69 Å². The molecule has 0 bridgehead atoms. The quantitative estimate of drug-likeness (QED) is 0.366. The minimum absolute atomic E-state index is 0.00357. The van der Waals surface area contributed by atoms with E-state index in [1.165, 1.54) is 18.2 Å². The number of aromatic nitrogens is 2. The highest BCUT2D eigenvalue weighted by atomic mass is 35.5. The maximum absolute atomic E-state index is 13.4. The van der Waals surface area contributed by atoms with Gasteiger partial charge in [-0.25, -0.2) is 4.98 Å². The first kappa shape index (κ1) is 23.4. The zero-order valence-electron chi connectivity index (χ0n) is 17.0. The number of aliphatic hydroxyl groups excluding tert-OH is 1. The highest BCUT2D eigenvalue weighted by Crippen LogP contribution is 2.31. The van der Waals surface area contributed by atoms with Crippen LogP contribution in [0.2, 0.25) is 10.0 Å². The van der Waals surface area contributed by atoms with Crippen molar-refractivity contribution in [1.82, 2.24) is 9.55 Å². The molecule has 31 heavy (non-hydrogen) atoms. The van der Waals surface area contributed by atoms with Crippen molar-refractivity contribution in [3.63, 3.8) is 0 Å². The molecule has 3 rings (SSSR count). The predicted octanol–water partition coefficient (Wildman–Crippen LogP) is 4.25. The molecule has 0 unspecified atom stereocenters. The second-order valence-corrected chi connectivity index (χ2v) is 9.65. The summed E-state index contributed by atoms with van der Waals surface area (Å²) >= 11 is 12.0. The van der Waals surface area contributed by atoms with Gasteiger partial charge in [-0.1, -0.05) is 49.2 Å². The molecule has 0 aliphatic carbocycles. The average molecular weight is 484 g/mol. The Morgan fingerprint density at radius 2 is 1.74 bits per heavy atom. The zero-order chi connectivity index (χ0) is 22.8. The van der Waals surface area contributed by atoms with Crippen molar-refractivity contribution >= 4 is 39.0 Å². The van der Waals surface area contributed by atoms with Crippen molar-refractivity contribution in [1.29, 1.82) is 0 Å². The fourth-order valence-corrected chi connectivity index (χ4v) is 5.06. The fourth-order valence-electron chi connectivity index (χ4n) is 3.14. The van der Waals surface area contributed by atoms with E-state index in [1.807, 2.05) is 13.8 Å². The van der Waals surface area contributed by atoms with Crippen LogP contribution in [-0.4, -0.2) is 29.7 Å². The summed E-state index contributed by atoms with van der Waals surface area (Å²) in [4.78, 5) is 4.52. The lowest BCUT2D eigenvalue weighted by Gasteiger charge is -2.15. The van der Waals surface area contributed by atoms with E-state index < -0.39 is 10.1 Å². The first-order valence-electron chi connectivity index (χ1n) is 9.56. The number of nitrogens with two attached hydrogens (primary N) is 1. The Balaban J connectivity index is 2.14. The van der Waals surface area contributed by atoms with E-state index in [9.17, 15) is 13.5 Å². The molecule has 1 heterocycles. The summed E-state index contributed by atoms with van der Waals surface area (Å²) < 4.78 is 33.7. The summed E-state index contributed by atoms with van der Waals surface area (Å²) in [6, 6.07) is 11.3. The standard InChI is InChI=1S/C21H23Cl2N3O4S/c1-13(2)20-21(31(28,29)30-18-10-15(22)9-16(23)11-18)26(19(25-20)7-8-27)12-14-3-5-17(24)6-4-14/h3-6,9-11,13,27H,7-8,12,24H2,1-2H3. The van der Waals surface area contributed by atoms with Crippen molar-refractivity contribution in [3.8, 4) is 5.75 Å². The third kappa shape index (κ3) is 5.51. The minimum atomic E-state index is -4.30. The molecule has 166 valence electrons. The summed E-state index contributed by atoms with van der Waals surface area (Å²) in [5, 5.41) is 9.93. The molecule has 0 atom stereocenters. The highest BCUT2D eigenvalue weighted by Gasteiger charge is 2.31. The van der Waals surface area contributed by atoms with Gasteiger partial charge in [-0.05, 0) is 29.7 Å². The smallest absolute Gasteiger partial charge is 0.357 e. The van der Waals surface area contributed by atoms with Crippen LogP contribution < -0.4 is 9.92 Å². The van der Waals surface area contributed by atoms with Gasteiger partial charge in [-0.15, -0.1) is 0 Å². The number of anilines is 1. The third-order valence-corrected chi connectivity index (χ3v) is 6.26. The minimum Gasteiger partial charge on any atom is -0.399 e. The number of hydrogen-bond donors (Lipinski definition) is 2. The van der Waals surface area contributed by atoms with Crippen LogP contribution in [0.25, 0.3) is 0 Å². The van der Waals surface area contributed by atoms with Crippen LogP contribution in [0.5, 0.6) is 5.75 Å². The van der Waals surface area contributed by atoms with E-state index in [0.717, 1.165) is 5.56 Å². The SMILES string of the molecule is CC(C)c1nc(CCO)n(Cc2ccc(N)cc2)c1S(=O)(=O)Oc1cc(Cl)cc(Cl)c1. The number of aliphatic hydroxyl groups is 1. The van der Waals surface area contributed by atoms with E-state index in [4.69, 9.17) is 33.1 Å². The first-order chi connectivity index (χ1) is 14.6. The van der Waals surface area contributed by atoms with Gasteiger partial charge in [0.25, 0.3) is 0 Å². The van der Waals surface area contributed by atoms with Crippen molar-refractivity contribution < 1.29 is 17.7 Å². The maximum Gasteiger partial charge on any atom is 0.357 e. The molecule has 0 spiro atoms. The van der Waals surface area contributed by atoms with Crippen LogP contribution in [0.3, 0.4) is 0 Å². The molecule has 3 aromatic rings. The number of halogens is 2. The third-order valence-electron chi connectivity index (χ3n) is 4.51. The Bertz CT molecular complexity index is 1160. The average Bonchev–Trinajstić information content (AvgIpc) is 3.02. The summed E-state index contributed by atoms with van der Waals surface area (Å²) in [6.45, 7) is 3.71. The Kier molecular flexibility index (Phi) is 7.16. The van der Waals surface area contributed by atoms with Gasteiger partial charge < -0.3 is 19.6 Å². The van der Waals surface area contributed by atoms with E-state index in [-0.39, 0.29) is 46.3 Å². The van der Waals surface area contributed by atoms with Crippen molar-refractivity contribution in [2.75, 3.05) is 12.3 Å². The Hall–Kier alpha value is -2.26. The lowest BCUT2D eigenvalue weighted by atomic mass is 10.1. The molecule has 0 aliphatic heterocycles. The van der Waals surface area contributed by atoms with Crippen molar-refractivity contribution in [3.05, 3.63) is 69.6 Å². The summed E-state index contributed by atoms with van der Waals surface area (Å²) in [5.41, 5.74) is 7.54. The normalized spacial score (nSPS) is 11.8. The molecular formula is C21H23Cl2N3O4S. The first-order valence-corrected chi connectivity index (χ1v) is 11.7. The van der Waals surface area contributed by atoms with E-state index in [2.05, 4.69) is 4.98 Å². The largest absolute Gasteiger partial charge is 0.399 e. The van der Waals surface area contributed by atoms with Gasteiger partial charge >= 0.3 is 10.1 Å². The molecule has 0 radical (unpaired) electrons.